The van der Waals surface area contributed by atoms with Crippen molar-refractivity contribution >= 4 is 56.0 Å². The number of hydrogen-bond acceptors (Lipinski definition) is 5. The number of fused-ring (bicyclic) bond motifs is 1. The Hall–Kier alpha value is -2.54. The number of hydrogen-bond donors (Lipinski definition) is 0. The Morgan fingerprint density at radius 2 is 1.87 bits per heavy atom. The zero-order chi connectivity index (χ0) is 20.9. The smallest absolute Gasteiger partial charge is 0.239 e. The highest BCUT2D eigenvalue weighted by Crippen LogP contribution is 2.32. The molecule has 0 saturated heterocycles. The first kappa shape index (κ1) is 20.7. The van der Waals surface area contributed by atoms with E-state index in [-0.39, 0.29) is 5.91 Å². The molecule has 152 valence electrons. The molecule has 1 aromatic heterocycles. The van der Waals surface area contributed by atoms with Gasteiger partial charge in [0.15, 0.2) is 5.13 Å². The average molecular weight is 455 g/mol. The van der Waals surface area contributed by atoms with Gasteiger partial charge in [0.2, 0.25) is 5.91 Å². The van der Waals surface area contributed by atoms with Gasteiger partial charge in [-0.2, -0.15) is 0 Å². The molecule has 7 heteroatoms. The van der Waals surface area contributed by atoms with Crippen molar-refractivity contribution in [2.45, 2.75) is 11.4 Å². The van der Waals surface area contributed by atoms with Gasteiger partial charge in [-0.3, -0.25) is 9.69 Å². The highest BCUT2D eigenvalue weighted by molar-refractivity contribution is 8.00. The first-order chi connectivity index (χ1) is 14.6. The van der Waals surface area contributed by atoms with Crippen molar-refractivity contribution in [1.82, 2.24) is 4.98 Å². The van der Waals surface area contributed by atoms with Gasteiger partial charge in [-0.1, -0.05) is 53.3 Å². The molecule has 0 fully saturated rings. The van der Waals surface area contributed by atoms with Crippen molar-refractivity contribution in [2.24, 2.45) is 0 Å². The highest BCUT2D eigenvalue weighted by Gasteiger charge is 2.20. The fourth-order valence-corrected chi connectivity index (χ4v) is 4.96. The predicted octanol–water partition coefficient (Wildman–Crippen LogP) is 6.28. The lowest BCUT2D eigenvalue weighted by Gasteiger charge is -2.20. The van der Waals surface area contributed by atoms with Gasteiger partial charge in [-0.05, 0) is 48.0 Å². The lowest BCUT2D eigenvalue weighted by atomic mass is 10.2. The third-order valence-electron chi connectivity index (χ3n) is 4.48. The second-order valence-electron chi connectivity index (χ2n) is 6.54. The summed E-state index contributed by atoms with van der Waals surface area (Å²) in [5.41, 5.74) is 1.89. The van der Waals surface area contributed by atoms with E-state index in [1.54, 1.807) is 12.0 Å². The first-order valence-electron chi connectivity index (χ1n) is 9.29. The van der Waals surface area contributed by atoms with Crippen LogP contribution in [0.1, 0.15) is 5.56 Å². The minimum atomic E-state index is 0.00447. The van der Waals surface area contributed by atoms with Crippen LogP contribution in [-0.4, -0.2) is 23.8 Å². The molecule has 0 unspecified atom stereocenters. The average Bonchev–Trinajstić information content (AvgIpc) is 3.19. The summed E-state index contributed by atoms with van der Waals surface area (Å²) in [7, 11) is 1.64. The van der Waals surface area contributed by atoms with Crippen molar-refractivity contribution in [3.05, 3.63) is 83.4 Å². The molecule has 0 spiro atoms. The Balaban J connectivity index is 1.57. The van der Waals surface area contributed by atoms with E-state index in [2.05, 4.69) is 4.98 Å². The maximum atomic E-state index is 13.2. The number of benzene rings is 3. The molecule has 4 nitrogen and oxygen atoms in total. The van der Waals surface area contributed by atoms with Crippen molar-refractivity contribution in [3.63, 3.8) is 0 Å². The minimum absolute atomic E-state index is 0.00447. The molecule has 1 heterocycles. The number of methoxy groups -OCH3 is 1. The van der Waals surface area contributed by atoms with Crippen LogP contribution in [0.2, 0.25) is 5.02 Å². The molecule has 0 bridgehead atoms. The standard InChI is InChI=1S/C23H19ClN2O2S2/c1-28-18-8-10-19(11-9-18)29-15-22(27)26(14-16-5-3-2-4-6-16)23-25-20-12-7-17(24)13-21(20)30-23/h2-13H,14-15H2,1H3. The van der Waals surface area contributed by atoms with Crippen LogP contribution in [0.15, 0.2) is 77.7 Å². The SMILES string of the molecule is COc1ccc(SCC(=O)N(Cc2ccccc2)c2nc3ccc(Cl)cc3s2)cc1. The van der Waals surface area contributed by atoms with Gasteiger partial charge >= 0.3 is 0 Å². The molecule has 4 aromatic rings. The number of nitrogens with zero attached hydrogens (tertiary/aromatic N) is 2. The molecule has 0 radical (unpaired) electrons. The van der Waals surface area contributed by atoms with E-state index in [1.165, 1.54) is 23.1 Å². The summed E-state index contributed by atoms with van der Waals surface area (Å²) in [5.74, 6) is 1.12. The number of anilines is 1. The van der Waals surface area contributed by atoms with Crippen molar-refractivity contribution in [1.29, 1.82) is 0 Å². The van der Waals surface area contributed by atoms with E-state index in [4.69, 9.17) is 16.3 Å². The molecule has 1 amide bonds. The van der Waals surface area contributed by atoms with Crippen LogP contribution in [0.4, 0.5) is 5.13 Å². The van der Waals surface area contributed by atoms with Crippen molar-refractivity contribution < 1.29 is 9.53 Å². The molecule has 30 heavy (non-hydrogen) atoms. The minimum Gasteiger partial charge on any atom is -0.497 e. The monoisotopic (exact) mass is 454 g/mol. The fraction of sp³-hybridized carbons (Fsp3) is 0.130. The summed E-state index contributed by atoms with van der Waals surface area (Å²) >= 11 is 9.10. The Morgan fingerprint density at radius 1 is 1.10 bits per heavy atom. The van der Waals surface area contributed by atoms with E-state index in [1.807, 2.05) is 72.8 Å². The molecule has 0 atom stereocenters. The van der Waals surface area contributed by atoms with E-state index in [9.17, 15) is 4.79 Å². The molecule has 0 aliphatic carbocycles. The maximum absolute atomic E-state index is 13.2. The van der Waals surface area contributed by atoms with Gasteiger partial charge in [0.1, 0.15) is 5.75 Å². The van der Waals surface area contributed by atoms with Gasteiger partial charge in [-0.15, -0.1) is 11.8 Å². The molecular weight excluding hydrogens is 436 g/mol. The maximum Gasteiger partial charge on any atom is 0.239 e. The third-order valence-corrected chi connectivity index (χ3v) is 6.75. The number of ether oxygens (including phenoxy) is 1. The molecule has 0 N–H and O–H groups in total. The predicted molar refractivity (Wildman–Crippen MR) is 126 cm³/mol. The molecule has 3 aromatic carbocycles. The number of carbonyl (C=O) groups excluding carboxylic acids is 1. The molecule has 0 aliphatic rings. The largest absolute Gasteiger partial charge is 0.497 e. The Morgan fingerprint density at radius 3 is 2.60 bits per heavy atom. The van der Waals surface area contributed by atoms with E-state index in [0.717, 1.165) is 26.4 Å². The Bertz CT molecular complexity index is 1150. The van der Waals surface area contributed by atoms with Gasteiger partial charge in [-0.25, -0.2) is 4.98 Å². The number of thiazole rings is 1. The van der Waals surface area contributed by atoms with Crippen LogP contribution in [0.5, 0.6) is 5.75 Å². The van der Waals surface area contributed by atoms with Crippen LogP contribution < -0.4 is 9.64 Å². The van der Waals surface area contributed by atoms with Crippen LogP contribution >= 0.6 is 34.7 Å². The summed E-state index contributed by atoms with van der Waals surface area (Å²) in [6.07, 6.45) is 0. The normalized spacial score (nSPS) is 10.9. The zero-order valence-corrected chi connectivity index (χ0v) is 18.6. The first-order valence-corrected chi connectivity index (χ1v) is 11.5. The summed E-state index contributed by atoms with van der Waals surface area (Å²) < 4.78 is 6.16. The Kier molecular flexibility index (Phi) is 6.57. The summed E-state index contributed by atoms with van der Waals surface area (Å²) in [6.45, 7) is 0.469. The third kappa shape index (κ3) is 4.95. The number of aromatic nitrogens is 1. The second-order valence-corrected chi connectivity index (χ2v) is 9.03. The second kappa shape index (κ2) is 9.51. The van der Waals surface area contributed by atoms with Gasteiger partial charge < -0.3 is 4.74 Å². The van der Waals surface area contributed by atoms with Crippen LogP contribution in [0.3, 0.4) is 0 Å². The number of carbonyl (C=O) groups is 1. The van der Waals surface area contributed by atoms with Crippen LogP contribution in [0, 0.1) is 0 Å². The van der Waals surface area contributed by atoms with E-state index in [0.29, 0.717) is 22.5 Å². The number of rotatable bonds is 7. The van der Waals surface area contributed by atoms with Gasteiger partial charge in [0, 0.05) is 9.92 Å². The fourth-order valence-electron chi connectivity index (χ4n) is 2.93. The zero-order valence-electron chi connectivity index (χ0n) is 16.2. The van der Waals surface area contributed by atoms with Crippen LogP contribution in [0.25, 0.3) is 10.2 Å². The molecule has 0 saturated carbocycles. The summed E-state index contributed by atoms with van der Waals surface area (Å²) in [4.78, 5) is 20.7. The number of thioether (sulfide) groups is 1. The van der Waals surface area contributed by atoms with Crippen molar-refractivity contribution in [3.8, 4) is 5.75 Å². The lowest BCUT2D eigenvalue weighted by Crippen LogP contribution is -2.31. The van der Waals surface area contributed by atoms with Gasteiger partial charge in [0.05, 0.1) is 29.6 Å². The Labute approximate surface area is 188 Å². The number of amides is 1. The number of halogens is 1. The van der Waals surface area contributed by atoms with Crippen LogP contribution in [-0.2, 0) is 11.3 Å². The summed E-state index contributed by atoms with van der Waals surface area (Å²) in [5, 5.41) is 1.34. The highest BCUT2D eigenvalue weighted by atomic mass is 35.5. The van der Waals surface area contributed by atoms with Gasteiger partial charge in [0.25, 0.3) is 0 Å². The topological polar surface area (TPSA) is 42.4 Å². The quantitative estimate of drug-likeness (QED) is 0.308. The molecular formula is C23H19ClN2O2S2. The van der Waals surface area contributed by atoms with E-state index >= 15 is 0 Å². The molecule has 0 aliphatic heterocycles. The summed E-state index contributed by atoms with van der Waals surface area (Å²) in [6, 6.07) is 23.2. The van der Waals surface area contributed by atoms with E-state index < -0.39 is 0 Å². The van der Waals surface area contributed by atoms with Crippen molar-refractivity contribution in [2.75, 3.05) is 17.8 Å². The molecule has 4 rings (SSSR count). The lowest BCUT2D eigenvalue weighted by molar-refractivity contribution is -0.116.